The van der Waals surface area contributed by atoms with Crippen LogP contribution in [0.2, 0.25) is 0 Å². The molecule has 1 aromatic carbocycles. The Balaban J connectivity index is 2.25. The number of nitrogens with two attached hydrogens (primary N) is 1. The molecule has 2 N–H and O–H groups in total. The SMILES string of the molecule is CCCCCC(C)(C)Cn1c(N)nc2c(C)cccc21. The van der Waals surface area contributed by atoms with Crippen LogP contribution >= 0.6 is 0 Å². The van der Waals surface area contributed by atoms with Gasteiger partial charge in [0.2, 0.25) is 5.95 Å². The lowest BCUT2D eigenvalue weighted by Crippen LogP contribution is -2.20. The van der Waals surface area contributed by atoms with Crippen molar-refractivity contribution in [1.82, 2.24) is 9.55 Å². The fourth-order valence-electron chi connectivity index (χ4n) is 2.83. The first-order valence-electron chi connectivity index (χ1n) is 7.66. The van der Waals surface area contributed by atoms with E-state index in [-0.39, 0.29) is 5.41 Å². The number of unbranched alkanes of at least 4 members (excludes halogenated alkanes) is 2. The molecule has 110 valence electrons. The van der Waals surface area contributed by atoms with E-state index >= 15 is 0 Å². The van der Waals surface area contributed by atoms with Crippen molar-refractivity contribution in [2.24, 2.45) is 5.41 Å². The number of nitrogen functional groups attached to an aromatic ring is 1. The van der Waals surface area contributed by atoms with Gasteiger partial charge in [0.25, 0.3) is 0 Å². The summed E-state index contributed by atoms with van der Waals surface area (Å²) < 4.78 is 2.17. The van der Waals surface area contributed by atoms with Crippen molar-refractivity contribution in [3.8, 4) is 0 Å². The van der Waals surface area contributed by atoms with Crippen LogP contribution in [0.5, 0.6) is 0 Å². The third kappa shape index (κ3) is 3.14. The molecule has 0 amide bonds. The number of imidazole rings is 1. The van der Waals surface area contributed by atoms with Crippen LogP contribution in [0.4, 0.5) is 5.95 Å². The second-order valence-corrected chi connectivity index (χ2v) is 6.62. The van der Waals surface area contributed by atoms with Gasteiger partial charge in [-0.05, 0) is 30.4 Å². The maximum absolute atomic E-state index is 6.14. The van der Waals surface area contributed by atoms with Crippen LogP contribution in [-0.2, 0) is 6.54 Å². The van der Waals surface area contributed by atoms with Gasteiger partial charge in [-0.1, -0.05) is 52.2 Å². The predicted octanol–water partition coefficient (Wildman–Crippen LogP) is 4.53. The summed E-state index contributed by atoms with van der Waals surface area (Å²) in [4.78, 5) is 4.53. The number of fused-ring (bicyclic) bond motifs is 1. The zero-order valence-electron chi connectivity index (χ0n) is 13.2. The third-order valence-electron chi connectivity index (χ3n) is 4.05. The van der Waals surface area contributed by atoms with E-state index < -0.39 is 0 Å². The van der Waals surface area contributed by atoms with Gasteiger partial charge < -0.3 is 10.3 Å². The standard InChI is InChI=1S/C17H27N3/c1-5-6-7-11-17(3,4)12-20-14-10-8-9-13(2)15(14)19-16(20)18/h8-10H,5-7,11-12H2,1-4H3,(H2,18,19). The van der Waals surface area contributed by atoms with Crippen molar-refractivity contribution in [2.75, 3.05) is 5.73 Å². The van der Waals surface area contributed by atoms with Crippen molar-refractivity contribution in [1.29, 1.82) is 0 Å². The minimum Gasteiger partial charge on any atom is -0.369 e. The van der Waals surface area contributed by atoms with Crippen molar-refractivity contribution >= 4 is 17.0 Å². The van der Waals surface area contributed by atoms with Gasteiger partial charge in [-0.25, -0.2) is 4.98 Å². The number of aromatic nitrogens is 2. The Hall–Kier alpha value is -1.51. The highest BCUT2D eigenvalue weighted by molar-refractivity contribution is 5.81. The molecule has 0 bridgehead atoms. The molecule has 0 saturated carbocycles. The van der Waals surface area contributed by atoms with Gasteiger partial charge in [0.15, 0.2) is 0 Å². The molecule has 2 rings (SSSR count). The Morgan fingerprint density at radius 2 is 2.00 bits per heavy atom. The Kier molecular flexibility index (Phi) is 4.36. The molecule has 1 aromatic heterocycles. The van der Waals surface area contributed by atoms with Crippen LogP contribution in [-0.4, -0.2) is 9.55 Å². The van der Waals surface area contributed by atoms with Gasteiger partial charge >= 0.3 is 0 Å². The second kappa shape index (κ2) is 5.86. The molecule has 0 radical (unpaired) electrons. The largest absolute Gasteiger partial charge is 0.369 e. The van der Waals surface area contributed by atoms with E-state index in [1.54, 1.807) is 0 Å². The molecular weight excluding hydrogens is 246 g/mol. The number of aryl methyl sites for hydroxylation is 1. The zero-order chi connectivity index (χ0) is 14.8. The van der Waals surface area contributed by atoms with Crippen molar-refractivity contribution in [3.05, 3.63) is 23.8 Å². The molecule has 2 aromatic rings. The third-order valence-corrected chi connectivity index (χ3v) is 4.05. The smallest absolute Gasteiger partial charge is 0.201 e. The van der Waals surface area contributed by atoms with Gasteiger partial charge in [-0.3, -0.25) is 0 Å². The predicted molar refractivity (Wildman–Crippen MR) is 86.8 cm³/mol. The molecule has 3 nitrogen and oxygen atoms in total. The van der Waals surface area contributed by atoms with Crippen LogP contribution in [0.3, 0.4) is 0 Å². The van der Waals surface area contributed by atoms with Crippen molar-refractivity contribution in [3.63, 3.8) is 0 Å². The second-order valence-electron chi connectivity index (χ2n) is 6.62. The Morgan fingerprint density at radius 3 is 2.70 bits per heavy atom. The molecular formula is C17H27N3. The van der Waals surface area contributed by atoms with Crippen LogP contribution in [0.15, 0.2) is 18.2 Å². The number of anilines is 1. The van der Waals surface area contributed by atoms with Crippen LogP contribution in [0.25, 0.3) is 11.0 Å². The Bertz CT molecular complexity index is 581. The number of para-hydroxylation sites is 1. The summed E-state index contributed by atoms with van der Waals surface area (Å²) in [6.45, 7) is 9.92. The van der Waals surface area contributed by atoms with E-state index in [2.05, 4.69) is 55.4 Å². The van der Waals surface area contributed by atoms with E-state index in [4.69, 9.17) is 5.73 Å². The molecule has 0 aliphatic heterocycles. The van der Waals surface area contributed by atoms with Gasteiger partial charge in [0, 0.05) is 6.54 Å². The molecule has 0 aliphatic carbocycles. The highest BCUT2D eigenvalue weighted by Gasteiger charge is 2.21. The van der Waals surface area contributed by atoms with Gasteiger partial charge in [-0.15, -0.1) is 0 Å². The molecule has 20 heavy (non-hydrogen) atoms. The fraction of sp³-hybridized carbons (Fsp3) is 0.588. The van der Waals surface area contributed by atoms with E-state index in [1.807, 2.05) is 0 Å². The van der Waals surface area contributed by atoms with Crippen LogP contribution in [0.1, 0.15) is 52.0 Å². The molecule has 0 saturated heterocycles. The molecule has 0 spiro atoms. The van der Waals surface area contributed by atoms with Crippen LogP contribution in [0, 0.1) is 12.3 Å². The Morgan fingerprint density at radius 1 is 1.25 bits per heavy atom. The van der Waals surface area contributed by atoms with E-state index in [1.165, 1.54) is 31.2 Å². The molecule has 3 heteroatoms. The van der Waals surface area contributed by atoms with E-state index in [9.17, 15) is 0 Å². The zero-order valence-corrected chi connectivity index (χ0v) is 13.2. The summed E-state index contributed by atoms with van der Waals surface area (Å²) in [5.41, 5.74) is 9.77. The first-order valence-corrected chi connectivity index (χ1v) is 7.66. The summed E-state index contributed by atoms with van der Waals surface area (Å²) in [5.74, 6) is 0.637. The summed E-state index contributed by atoms with van der Waals surface area (Å²) in [6, 6.07) is 6.29. The van der Waals surface area contributed by atoms with E-state index in [0.29, 0.717) is 5.95 Å². The number of hydrogen-bond donors (Lipinski definition) is 1. The normalized spacial score (nSPS) is 12.2. The topological polar surface area (TPSA) is 43.8 Å². The summed E-state index contributed by atoms with van der Waals surface area (Å²) >= 11 is 0. The van der Waals surface area contributed by atoms with Gasteiger partial charge in [-0.2, -0.15) is 0 Å². The Labute approximate surface area is 122 Å². The molecule has 0 unspecified atom stereocenters. The molecule has 0 atom stereocenters. The number of rotatable bonds is 6. The number of hydrogen-bond acceptors (Lipinski definition) is 2. The van der Waals surface area contributed by atoms with Crippen LogP contribution < -0.4 is 5.73 Å². The van der Waals surface area contributed by atoms with Crippen molar-refractivity contribution in [2.45, 2.75) is 59.9 Å². The summed E-state index contributed by atoms with van der Waals surface area (Å²) in [6.07, 6.45) is 5.09. The maximum Gasteiger partial charge on any atom is 0.201 e. The molecule has 0 aliphatic rings. The summed E-state index contributed by atoms with van der Waals surface area (Å²) in [7, 11) is 0. The first-order chi connectivity index (χ1) is 9.44. The number of nitrogens with zero attached hydrogens (tertiary/aromatic N) is 2. The lowest BCUT2D eigenvalue weighted by atomic mass is 9.86. The van der Waals surface area contributed by atoms with Crippen molar-refractivity contribution < 1.29 is 0 Å². The lowest BCUT2D eigenvalue weighted by Gasteiger charge is -2.26. The fourth-order valence-corrected chi connectivity index (χ4v) is 2.83. The maximum atomic E-state index is 6.14. The average molecular weight is 273 g/mol. The first kappa shape index (κ1) is 14.9. The molecule has 1 heterocycles. The summed E-state index contributed by atoms with van der Waals surface area (Å²) in [5, 5.41) is 0. The highest BCUT2D eigenvalue weighted by Crippen LogP contribution is 2.30. The van der Waals surface area contributed by atoms with Gasteiger partial charge in [0.1, 0.15) is 0 Å². The minimum absolute atomic E-state index is 0.251. The quantitative estimate of drug-likeness (QED) is 0.786. The van der Waals surface area contributed by atoms with Gasteiger partial charge in [0.05, 0.1) is 11.0 Å². The highest BCUT2D eigenvalue weighted by atomic mass is 15.2. The average Bonchev–Trinajstić information content (AvgIpc) is 2.68. The molecule has 0 fully saturated rings. The van der Waals surface area contributed by atoms with E-state index in [0.717, 1.165) is 17.6 Å². The monoisotopic (exact) mass is 273 g/mol. The minimum atomic E-state index is 0.251. The number of benzene rings is 1. The lowest BCUT2D eigenvalue weighted by molar-refractivity contribution is 0.276.